The summed E-state index contributed by atoms with van der Waals surface area (Å²) in [5.41, 5.74) is 4.25. The molecule has 0 saturated carbocycles. The second kappa shape index (κ2) is 9.45. The maximum absolute atomic E-state index is 12.3. The Labute approximate surface area is 192 Å². The summed E-state index contributed by atoms with van der Waals surface area (Å²) in [5, 5.41) is 2.88. The molecule has 1 N–H and O–H groups in total. The lowest BCUT2D eigenvalue weighted by Crippen LogP contribution is -2.37. The van der Waals surface area contributed by atoms with E-state index in [1.165, 1.54) is 16.2 Å². The van der Waals surface area contributed by atoms with Crippen molar-refractivity contribution in [1.29, 1.82) is 0 Å². The SMILES string of the molecule is CN(CC(=O)NCc1ccc(Cn2cnc3ccccc32)cc1)C(=O)c1ccc(Br)s1. The van der Waals surface area contributed by atoms with Crippen LogP contribution in [0.5, 0.6) is 0 Å². The van der Waals surface area contributed by atoms with E-state index in [1.807, 2.05) is 42.7 Å². The van der Waals surface area contributed by atoms with Crippen LogP contribution in [-0.4, -0.2) is 39.9 Å². The summed E-state index contributed by atoms with van der Waals surface area (Å²) in [4.78, 5) is 31.0. The van der Waals surface area contributed by atoms with Crippen LogP contribution in [0.15, 0.2) is 70.8 Å². The summed E-state index contributed by atoms with van der Waals surface area (Å²) in [5.74, 6) is -0.359. The number of carbonyl (C=O) groups is 2. The summed E-state index contributed by atoms with van der Waals surface area (Å²) in [6.07, 6.45) is 1.85. The van der Waals surface area contributed by atoms with Gasteiger partial charge < -0.3 is 14.8 Å². The van der Waals surface area contributed by atoms with Crippen molar-refractivity contribution in [3.63, 3.8) is 0 Å². The van der Waals surface area contributed by atoms with E-state index in [9.17, 15) is 9.59 Å². The molecule has 0 aliphatic rings. The van der Waals surface area contributed by atoms with Crippen LogP contribution in [-0.2, 0) is 17.9 Å². The third kappa shape index (κ3) is 5.21. The van der Waals surface area contributed by atoms with Crippen LogP contribution in [0.3, 0.4) is 0 Å². The summed E-state index contributed by atoms with van der Waals surface area (Å²) < 4.78 is 3.00. The fourth-order valence-corrected chi connectivity index (χ4v) is 4.64. The standard InChI is InChI=1S/C23H21BrN4O2S/c1-27(23(30)20-10-11-21(24)31-20)14-22(29)25-12-16-6-8-17(9-7-16)13-28-15-26-18-4-2-3-5-19(18)28/h2-11,15H,12-14H2,1H3,(H,25,29). The Balaban J connectivity index is 1.29. The van der Waals surface area contributed by atoms with Gasteiger partial charge in [-0.25, -0.2) is 4.98 Å². The second-order valence-electron chi connectivity index (χ2n) is 7.22. The lowest BCUT2D eigenvalue weighted by atomic mass is 10.1. The Hall–Kier alpha value is -2.97. The Morgan fingerprint density at radius 1 is 1.06 bits per heavy atom. The molecule has 0 radical (unpaired) electrons. The van der Waals surface area contributed by atoms with E-state index in [-0.39, 0.29) is 18.4 Å². The highest BCUT2D eigenvalue weighted by molar-refractivity contribution is 9.11. The molecule has 0 unspecified atom stereocenters. The number of fused-ring (bicyclic) bond motifs is 1. The van der Waals surface area contributed by atoms with Crippen molar-refractivity contribution < 1.29 is 9.59 Å². The molecule has 8 heteroatoms. The first-order chi connectivity index (χ1) is 15.0. The number of nitrogens with one attached hydrogen (secondary N) is 1. The van der Waals surface area contributed by atoms with Gasteiger partial charge in [0.1, 0.15) is 0 Å². The average Bonchev–Trinajstić information content (AvgIpc) is 3.39. The zero-order valence-corrected chi connectivity index (χ0v) is 19.3. The van der Waals surface area contributed by atoms with E-state index in [0.29, 0.717) is 11.4 Å². The number of amides is 2. The third-order valence-corrected chi connectivity index (χ3v) is 6.52. The van der Waals surface area contributed by atoms with E-state index < -0.39 is 0 Å². The van der Waals surface area contributed by atoms with Crippen LogP contribution in [0, 0.1) is 0 Å². The first-order valence-corrected chi connectivity index (χ1v) is 11.4. The Morgan fingerprint density at radius 2 is 1.81 bits per heavy atom. The van der Waals surface area contributed by atoms with Crippen LogP contribution in [0.2, 0.25) is 0 Å². The normalized spacial score (nSPS) is 10.9. The van der Waals surface area contributed by atoms with E-state index >= 15 is 0 Å². The van der Waals surface area contributed by atoms with Crippen molar-refractivity contribution in [2.75, 3.05) is 13.6 Å². The molecule has 0 fully saturated rings. The quantitative estimate of drug-likeness (QED) is 0.414. The molecule has 2 aromatic carbocycles. The number of halogens is 1. The minimum atomic E-state index is -0.194. The van der Waals surface area contributed by atoms with Gasteiger partial charge in [0.05, 0.1) is 32.6 Å². The first kappa shape index (κ1) is 21.3. The maximum atomic E-state index is 12.3. The Bertz CT molecular complexity index is 1220. The van der Waals surface area contributed by atoms with Gasteiger partial charge in [0.25, 0.3) is 5.91 Å². The number of aromatic nitrogens is 2. The number of imidazole rings is 1. The summed E-state index contributed by atoms with van der Waals surface area (Å²) in [7, 11) is 1.63. The molecule has 2 heterocycles. The topological polar surface area (TPSA) is 67.2 Å². The molecule has 0 aliphatic heterocycles. The fraction of sp³-hybridized carbons (Fsp3) is 0.174. The second-order valence-corrected chi connectivity index (χ2v) is 9.68. The van der Waals surface area contributed by atoms with Crippen LogP contribution >= 0.6 is 27.3 Å². The highest BCUT2D eigenvalue weighted by Crippen LogP contribution is 2.23. The maximum Gasteiger partial charge on any atom is 0.264 e. The number of benzene rings is 2. The molecule has 4 aromatic rings. The molecule has 0 bridgehead atoms. The van der Waals surface area contributed by atoms with Crippen LogP contribution < -0.4 is 5.32 Å². The number of carbonyl (C=O) groups excluding carboxylic acids is 2. The molecular formula is C23H21BrN4O2S. The predicted molar refractivity (Wildman–Crippen MR) is 126 cm³/mol. The molecule has 158 valence electrons. The molecule has 0 atom stereocenters. The number of nitrogens with zero attached hydrogens (tertiary/aromatic N) is 3. The fourth-order valence-electron chi connectivity index (χ4n) is 3.26. The number of hydrogen-bond donors (Lipinski definition) is 1. The molecule has 0 saturated heterocycles. The van der Waals surface area contributed by atoms with Crippen molar-refractivity contribution in [1.82, 2.24) is 19.8 Å². The lowest BCUT2D eigenvalue weighted by molar-refractivity contribution is -0.121. The number of likely N-dealkylation sites (N-methyl/N-ethyl adjacent to an activating group) is 1. The molecule has 31 heavy (non-hydrogen) atoms. The first-order valence-electron chi connectivity index (χ1n) is 9.75. The lowest BCUT2D eigenvalue weighted by Gasteiger charge is -2.16. The van der Waals surface area contributed by atoms with E-state index in [2.05, 4.69) is 49.0 Å². The summed E-state index contributed by atoms with van der Waals surface area (Å²) in [6, 6.07) is 19.8. The Kier molecular flexibility index (Phi) is 6.48. The van der Waals surface area contributed by atoms with Crippen LogP contribution in [0.25, 0.3) is 11.0 Å². The minimum Gasteiger partial charge on any atom is -0.350 e. The van der Waals surface area contributed by atoms with Gasteiger partial charge in [0.2, 0.25) is 5.91 Å². The summed E-state index contributed by atoms with van der Waals surface area (Å²) >= 11 is 4.70. The highest BCUT2D eigenvalue weighted by atomic mass is 79.9. The van der Waals surface area contributed by atoms with Crippen molar-refractivity contribution in [2.45, 2.75) is 13.1 Å². The van der Waals surface area contributed by atoms with Gasteiger partial charge in [-0.2, -0.15) is 0 Å². The van der Waals surface area contributed by atoms with E-state index in [1.54, 1.807) is 13.1 Å². The van der Waals surface area contributed by atoms with Gasteiger partial charge in [0, 0.05) is 20.1 Å². The van der Waals surface area contributed by atoms with Gasteiger partial charge in [-0.05, 0) is 51.3 Å². The molecule has 0 spiro atoms. The summed E-state index contributed by atoms with van der Waals surface area (Å²) in [6.45, 7) is 1.17. The largest absolute Gasteiger partial charge is 0.350 e. The predicted octanol–water partition coefficient (Wildman–Crippen LogP) is 4.30. The van der Waals surface area contributed by atoms with E-state index in [4.69, 9.17) is 0 Å². The molecule has 2 aromatic heterocycles. The van der Waals surface area contributed by atoms with Crippen LogP contribution in [0.1, 0.15) is 20.8 Å². The molecule has 4 rings (SSSR count). The zero-order valence-electron chi connectivity index (χ0n) is 16.9. The smallest absolute Gasteiger partial charge is 0.264 e. The van der Waals surface area contributed by atoms with Gasteiger partial charge in [-0.3, -0.25) is 9.59 Å². The molecule has 2 amide bonds. The highest BCUT2D eigenvalue weighted by Gasteiger charge is 2.16. The zero-order chi connectivity index (χ0) is 21.8. The van der Waals surface area contributed by atoms with Crippen molar-refractivity contribution >= 4 is 50.1 Å². The number of hydrogen-bond acceptors (Lipinski definition) is 4. The Morgan fingerprint density at radius 3 is 2.55 bits per heavy atom. The van der Waals surface area contributed by atoms with Crippen LogP contribution in [0.4, 0.5) is 0 Å². The molecular weight excluding hydrogens is 476 g/mol. The third-order valence-electron chi connectivity index (χ3n) is 4.90. The van der Waals surface area contributed by atoms with Gasteiger partial charge >= 0.3 is 0 Å². The van der Waals surface area contributed by atoms with Crippen molar-refractivity contribution in [3.8, 4) is 0 Å². The van der Waals surface area contributed by atoms with Gasteiger partial charge in [0.15, 0.2) is 0 Å². The number of rotatable bonds is 7. The monoisotopic (exact) mass is 496 g/mol. The minimum absolute atomic E-state index is 0.0140. The van der Waals surface area contributed by atoms with Gasteiger partial charge in [-0.15, -0.1) is 11.3 Å². The van der Waals surface area contributed by atoms with Crippen molar-refractivity contribution in [3.05, 3.63) is 86.8 Å². The molecule has 0 aliphatic carbocycles. The molecule has 6 nitrogen and oxygen atoms in total. The average molecular weight is 497 g/mol. The number of para-hydroxylation sites is 2. The van der Waals surface area contributed by atoms with Gasteiger partial charge in [-0.1, -0.05) is 36.4 Å². The number of thiophene rings is 1. The van der Waals surface area contributed by atoms with Crippen molar-refractivity contribution in [2.24, 2.45) is 0 Å². The van der Waals surface area contributed by atoms with E-state index in [0.717, 1.165) is 32.5 Å².